The fourth-order valence-corrected chi connectivity index (χ4v) is 2.84. The zero-order chi connectivity index (χ0) is 13.2. The number of aldehydes is 1. The van der Waals surface area contributed by atoms with Crippen LogP contribution in [0.25, 0.3) is 5.69 Å². The van der Waals surface area contributed by atoms with Crippen LogP contribution in [-0.2, 0) is 0 Å². The van der Waals surface area contributed by atoms with Gasteiger partial charge in [-0.05, 0) is 31.9 Å². The first-order valence-corrected chi connectivity index (χ1v) is 6.90. The maximum Gasteiger partial charge on any atom is 0.153 e. The summed E-state index contributed by atoms with van der Waals surface area (Å²) < 4.78 is 1.83. The van der Waals surface area contributed by atoms with Gasteiger partial charge in [0.15, 0.2) is 6.29 Å². The number of hydrogen-bond acceptors (Lipinski definition) is 2. The highest BCUT2D eigenvalue weighted by Crippen LogP contribution is 2.34. The summed E-state index contributed by atoms with van der Waals surface area (Å²) in [6.45, 7) is 2.06. The summed E-state index contributed by atoms with van der Waals surface area (Å²) in [5.41, 5.74) is 3.96. The summed E-state index contributed by atoms with van der Waals surface area (Å²) in [5, 5.41) is 4.65. The van der Waals surface area contributed by atoms with E-state index in [1.807, 2.05) is 23.0 Å². The predicted molar refractivity (Wildman–Crippen MR) is 74.9 cm³/mol. The Kier molecular flexibility index (Phi) is 3.20. The Morgan fingerprint density at radius 3 is 2.53 bits per heavy atom. The molecule has 1 heterocycles. The van der Waals surface area contributed by atoms with Gasteiger partial charge in [-0.3, -0.25) is 4.79 Å². The van der Waals surface area contributed by atoms with Gasteiger partial charge in [-0.15, -0.1) is 0 Å². The summed E-state index contributed by atoms with van der Waals surface area (Å²) in [4.78, 5) is 11.2. The van der Waals surface area contributed by atoms with Gasteiger partial charge < -0.3 is 0 Å². The molecule has 0 spiro atoms. The number of hydrogen-bond donors (Lipinski definition) is 0. The number of carbonyl (C=O) groups excluding carboxylic acids is 1. The normalized spacial score (nSPS) is 15.8. The van der Waals surface area contributed by atoms with E-state index < -0.39 is 0 Å². The van der Waals surface area contributed by atoms with Crippen LogP contribution in [0, 0.1) is 6.92 Å². The Morgan fingerprint density at radius 1 is 1.21 bits per heavy atom. The molecule has 3 rings (SSSR count). The van der Waals surface area contributed by atoms with Gasteiger partial charge in [0.25, 0.3) is 0 Å². The molecule has 1 saturated carbocycles. The fourth-order valence-electron chi connectivity index (χ4n) is 2.84. The van der Waals surface area contributed by atoms with Crippen LogP contribution < -0.4 is 0 Å². The maximum atomic E-state index is 11.2. The standard InChI is InChI=1S/C16H18N2O/c1-12-6-8-15(9-7-12)18-10-14(11-19)16(17-18)13-4-2-3-5-13/h6-11,13H,2-5H2,1H3. The van der Waals surface area contributed by atoms with Gasteiger partial charge in [-0.25, -0.2) is 4.68 Å². The summed E-state index contributed by atoms with van der Waals surface area (Å²) >= 11 is 0. The molecule has 0 aliphatic heterocycles. The van der Waals surface area contributed by atoms with E-state index in [0.29, 0.717) is 5.92 Å². The molecule has 98 valence electrons. The van der Waals surface area contributed by atoms with Gasteiger partial charge in [-0.2, -0.15) is 5.10 Å². The number of benzene rings is 1. The molecule has 0 unspecified atom stereocenters. The second kappa shape index (κ2) is 5.00. The molecule has 0 atom stereocenters. The van der Waals surface area contributed by atoms with Gasteiger partial charge >= 0.3 is 0 Å². The quantitative estimate of drug-likeness (QED) is 0.784. The Bertz CT molecular complexity index is 577. The lowest BCUT2D eigenvalue weighted by atomic mass is 10.0. The van der Waals surface area contributed by atoms with E-state index >= 15 is 0 Å². The SMILES string of the molecule is Cc1ccc(-n2cc(C=O)c(C3CCCC3)n2)cc1. The summed E-state index contributed by atoms with van der Waals surface area (Å²) in [6, 6.07) is 8.20. The lowest BCUT2D eigenvalue weighted by molar-refractivity contribution is 0.112. The molecule has 3 nitrogen and oxygen atoms in total. The van der Waals surface area contributed by atoms with Crippen LogP contribution in [-0.4, -0.2) is 16.1 Å². The van der Waals surface area contributed by atoms with Crippen molar-refractivity contribution in [1.29, 1.82) is 0 Å². The van der Waals surface area contributed by atoms with E-state index in [-0.39, 0.29) is 0 Å². The van der Waals surface area contributed by atoms with Crippen molar-refractivity contribution in [3.63, 3.8) is 0 Å². The molecule has 0 radical (unpaired) electrons. The molecule has 0 saturated heterocycles. The molecule has 1 aliphatic carbocycles. The molecule has 0 bridgehead atoms. The van der Waals surface area contributed by atoms with Crippen molar-refractivity contribution in [2.75, 3.05) is 0 Å². The molecule has 1 aromatic carbocycles. The number of carbonyl (C=O) groups is 1. The highest BCUT2D eigenvalue weighted by molar-refractivity contribution is 5.76. The monoisotopic (exact) mass is 254 g/mol. The summed E-state index contributed by atoms with van der Waals surface area (Å²) in [5.74, 6) is 0.465. The molecular weight excluding hydrogens is 236 g/mol. The topological polar surface area (TPSA) is 34.9 Å². The van der Waals surface area contributed by atoms with E-state index in [9.17, 15) is 4.79 Å². The van der Waals surface area contributed by atoms with E-state index in [1.54, 1.807) is 0 Å². The van der Waals surface area contributed by atoms with Crippen molar-refractivity contribution in [2.24, 2.45) is 0 Å². The van der Waals surface area contributed by atoms with E-state index in [0.717, 1.165) is 36.1 Å². The van der Waals surface area contributed by atoms with Crippen molar-refractivity contribution in [1.82, 2.24) is 9.78 Å². The lowest BCUT2D eigenvalue weighted by Crippen LogP contribution is -1.99. The third-order valence-electron chi connectivity index (χ3n) is 3.94. The number of nitrogens with zero attached hydrogens (tertiary/aromatic N) is 2. The maximum absolute atomic E-state index is 11.2. The van der Waals surface area contributed by atoms with Crippen molar-refractivity contribution >= 4 is 6.29 Å². The molecule has 3 heteroatoms. The molecular formula is C16H18N2O. The highest BCUT2D eigenvalue weighted by Gasteiger charge is 2.23. The minimum absolute atomic E-state index is 0.465. The largest absolute Gasteiger partial charge is 0.298 e. The van der Waals surface area contributed by atoms with Crippen LogP contribution in [0.1, 0.15) is 53.2 Å². The first kappa shape index (κ1) is 12.2. The van der Waals surface area contributed by atoms with Gasteiger partial charge in [0.05, 0.1) is 16.9 Å². The molecule has 0 amide bonds. The Labute approximate surface area is 113 Å². The van der Waals surface area contributed by atoms with Crippen LogP contribution in [0.3, 0.4) is 0 Å². The first-order valence-electron chi connectivity index (χ1n) is 6.90. The highest BCUT2D eigenvalue weighted by atomic mass is 16.1. The van der Waals surface area contributed by atoms with Crippen molar-refractivity contribution in [3.05, 3.63) is 47.3 Å². The van der Waals surface area contributed by atoms with Gasteiger partial charge in [0, 0.05) is 12.1 Å². The molecule has 19 heavy (non-hydrogen) atoms. The predicted octanol–water partition coefficient (Wildman–Crippen LogP) is 3.65. The van der Waals surface area contributed by atoms with Crippen molar-refractivity contribution in [2.45, 2.75) is 38.5 Å². The molecule has 1 aliphatic rings. The third kappa shape index (κ3) is 2.33. The Morgan fingerprint density at radius 2 is 1.89 bits per heavy atom. The van der Waals surface area contributed by atoms with E-state index in [1.165, 1.54) is 18.4 Å². The first-order chi connectivity index (χ1) is 9.28. The molecule has 1 fully saturated rings. The fraction of sp³-hybridized carbons (Fsp3) is 0.375. The smallest absolute Gasteiger partial charge is 0.153 e. The van der Waals surface area contributed by atoms with Crippen LogP contribution in [0.4, 0.5) is 0 Å². The van der Waals surface area contributed by atoms with E-state index in [2.05, 4.69) is 24.2 Å². The number of aryl methyl sites for hydroxylation is 1. The second-order valence-corrected chi connectivity index (χ2v) is 5.35. The average molecular weight is 254 g/mol. The Balaban J connectivity index is 1.98. The molecule has 1 aromatic heterocycles. The van der Waals surface area contributed by atoms with Crippen LogP contribution >= 0.6 is 0 Å². The van der Waals surface area contributed by atoms with Crippen LogP contribution in [0.15, 0.2) is 30.5 Å². The third-order valence-corrected chi connectivity index (χ3v) is 3.94. The number of aromatic nitrogens is 2. The summed E-state index contributed by atoms with van der Waals surface area (Å²) in [6.07, 6.45) is 7.61. The van der Waals surface area contributed by atoms with Crippen molar-refractivity contribution in [3.8, 4) is 5.69 Å². The van der Waals surface area contributed by atoms with Crippen LogP contribution in [0.5, 0.6) is 0 Å². The minimum Gasteiger partial charge on any atom is -0.298 e. The molecule has 2 aromatic rings. The minimum atomic E-state index is 0.465. The molecule has 0 N–H and O–H groups in total. The lowest BCUT2D eigenvalue weighted by Gasteiger charge is -2.05. The van der Waals surface area contributed by atoms with E-state index in [4.69, 9.17) is 0 Å². The zero-order valence-corrected chi connectivity index (χ0v) is 11.2. The van der Waals surface area contributed by atoms with Gasteiger partial charge in [-0.1, -0.05) is 30.5 Å². The van der Waals surface area contributed by atoms with Gasteiger partial charge in [0.2, 0.25) is 0 Å². The second-order valence-electron chi connectivity index (χ2n) is 5.35. The Hall–Kier alpha value is -1.90. The van der Waals surface area contributed by atoms with Gasteiger partial charge in [0.1, 0.15) is 0 Å². The average Bonchev–Trinajstić information content (AvgIpc) is 3.08. The number of rotatable bonds is 3. The summed E-state index contributed by atoms with van der Waals surface area (Å²) in [7, 11) is 0. The zero-order valence-electron chi connectivity index (χ0n) is 11.2. The van der Waals surface area contributed by atoms with Crippen LogP contribution in [0.2, 0.25) is 0 Å². The van der Waals surface area contributed by atoms with Crippen molar-refractivity contribution < 1.29 is 4.79 Å².